The number of rotatable bonds is 7. The van der Waals surface area contributed by atoms with Crippen LogP contribution in [-0.4, -0.2) is 42.6 Å². The molecule has 1 unspecified atom stereocenters. The van der Waals surface area contributed by atoms with Crippen molar-refractivity contribution in [3.63, 3.8) is 0 Å². The number of carbonyl (C=O) groups is 1. The molecule has 134 valence electrons. The molecule has 0 saturated carbocycles. The van der Waals surface area contributed by atoms with E-state index in [2.05, 4.69) is 24.1 Å². The zero-order chi connectivity index (χ0) is 17.7. The summed E-state index contributed by atoms with van der Waals surface area (Å²) in [6.45, 7) is 10.6. The minimum atomic E-state index is -0.387. The van der Waals surface area contributed by atoms with E-state index in [0.717, 1.165) is 25.9 Å². The van der Waals surface area contributed by atoms with Gasteiger partial charge in [-0.3, -0.25) is 9.69 Å². The predicted molar refractivity (Wildman–Crippen MR) is 94.1 cm³/mol. The van der Waals surface area contributed by atoms with E-state index < -0.39 is 0 Å². The summed E-state index contributed by atoms with van der Waals surface area (Å²) in [6, 6.07) is 3.12. The summed E-state index contributed by atoms with van der Waals surface area (Å²) in [4.78, 5) is 14.9. The maximum atomic E-state index is 14.1. The lowest BCUT2D eigenvalue weighted by molar-refractivity contribution is 0.0931. The molecule has 1 atom stereocenters. The number of hydrogen-bond acceptors (Lipinski definition) is 3. The largest absolute Gasteiger partial charge is 0.489 e. The first-order chi connectivity index (χ1) is 11.5. The van der Waals surface area contributed by atoms with Gasteiger partial charge in [-0.05, 0) is 58.3 Å². The van der Waals surface area contributed by atoms with Crippen LogP contribution < -0.4 is 10.1 Å². The maximum absolute atomic E-state index is 14.1. The Morgan fingerprint density at radius 1 is 1.33 bits per heavy atom. The number of halogens is 1. The van der Waals surface area contributed by atoms with Crippen LogP contribution in [0.1, 0.15) is 56.5 Å². The van der Waals surface area contributed by atoms with Crippen LogP contribution in [0.25, 0.3) is 0 Å². The fourth-order valence-electron chi connectivity index (χ4n) is 3.27. The second kappa shape index (κ2) is 8.47. The minimum Gasteiger partial charge on any atom is -0.489 e. The zero-order valence-electron chi connectivity index (χ0n) is 15.2. The SMILES string of the molecule is CCCN(CCC)C1COc2c(F)ccc(C(=O)NC(C)C)c2C1. The molecule has 0 aromatic heterocycles. The molecule has 1 aromatic carbocycles. The topological polar surface area (TPSA) is 41.6 Å². The van der Waals surface area contributed by atoms with Crippen molar-refractivity contribution in [2.75, 3.05) is 19.7 Å². The van der Waals surface area contributed by atoms with E-state index in [9.17, 15) is 9.18 Å². The molecule has 1 heterocycles. The molecular weight excluding hydrogens is 307 g/mol. The number of hydrogen-bond donors (Lipinski definition) is 1. The summed E-state index contributed by atoms with van der Waals surface area (Å²) >= 11 is 0. The van der Waals surface area contributed by atoms with Gasteiger partial charge < -0.3 is 10.1 Å². The van der Waals surface area contributed by atoms with Crippen LogP contribution >= 0.6 is 0 Å². The van der Waals surface area contributed by atoms with Crippen molar-refractivity contribution >= 4 is 5.91 Å². The van der Waals surface area contributed by atoms with Gasteiger partial charge in [-0.1, -0.05) is 13.8 Å². The first-order valence-electron chi connectivity index (χ1n) is 8.96. The molecule has 0 bridgehead atoms. The minimum absolute atomic E-state index is 0.0372. The Morgan fingerprint density at radius 2 is 2.00 bits per heavy atom. The van der Waals surface area contributed by atoms with Crippen LogP contribution in [0.15, 0.2) is 12.1 Å². The number of benzene rings is 1. The van der Waals surface area contributed by atoms with Gasteiger partial charge >= 0.3 is 0 Å². The summed E-state index contributed by atoms with van der Waals surface area (Å²) in [7, 11) is 0. The third kappa shape index (κ3) is 4.26. The predicted octanol–water partition coefficient (Wildman–Crippen LogP) is 3.39. The number of nitrogens with one attached hydrogen (secondary N) is 1. The highest BCUT2D eigenvalue weighted by molar-refractivity contribution is 5.96. The van der Waals surface area contributed by atoms with E-state index in [1.54, 1.807) is 6.07 Å². The maximum Gasteiger partial charge on any atom is 0.251 e. The standard InChI is InChI=1S/C19H29FN2O2/c1-5-9-22(10-6-2)14-11-16-15(19(23)21-13(3)4)7-8-17(20)18(16)24-12-14/h7-8,13-14H,5-6,9-12H2,1-4H3,(H,21,23). The molecule has 0 aliphatic carbocycles. The Morgan fingerprint density at radius 3 is 2.58 bits per heavy atom. The van der Waals surface area contributed by atoms with Crippen LogP contribution in [0, 0.1) is 5.82 Å². The third-order valence-corrected chi connectivity index (χ3v) is 4.27. The number of ether oxygens (including phenoxy) is 1. The lowest BCUT2D eigenvalue weighted by Crippen LogP contribution is -2.44. The van der Waals surface area contributed by atoms with Gasteiger partial charge in [0.2, 0.25) is 0 Å². The van der Waals surface area contributed by atoms with Gasteiger partial charge in [-0.2, -0.15) is 0 Å². The lowest BCUT2D eigenvalue weighted by Gasteiger charge is -2.35. The molecule has 0 radical (unpaired) electrons. The zero-order valence-corrected chi connectivity index (χ0v) is 15.2. The van der Waals surface area contributed by atoms with Gasteiger partial charge in [0.15, 0.2) is 11.6 Å². The average Bonchev–Trinajstić information content (AvgIpc) is 2.54. The van der Waals surface area contributed by atoms with Crippen molar-refractivity contribution in [1.82, 2.24) is 10.2 Å². The average molecular weight is 336 g/mol. The molecule has 1 aliphatic rings. The fraction of sp³-hybridized carbons (Fsp3) is 0.632. The second-order valence-corrected chi connectivity index (χ2v) is 6.74. The van der Waals surface area contributed by atoms with Crippen molar-refractivity contribution in [2.24, 2.45) is 0 Å². The van der Waals surface area contributed by atoms with E-state index in [1.165, 1.54) is 6.07 Å². The van der Waals surface area contributed by atoms with Crippen LogP contribution in [0.2, 0.25) is 0 Å². The molecule has 1 aromatic rings. The Bertz CT molecular complexity index is 569. The number of amides is 1. The van der Waals surface area contributed by atoms with Gasteiger partial charge in [0, 0.05) is 23.2 Å². The summed E-state index contributed by atoms with van der Waals surface area (Å²) in [5.74, 6) is -0.305. The normalized spacial score (nSPS) is 16.9. The highest BCUT2D eigenvalue weighted by Crippen LogP contribution is 2.32. The Kier molecular flexibility index (Phi) is 6.60. The Hall–Kier alpha value is -1.62. The van der Waals surface area contributed by atoms with Crippen molar-refractivity contribution in [3.05, 3.63) is 29.1 Å². The van der Waals surface area contributed by atoms with E-state index in [-0.39, 0.29) is 29.6 Å². The molecule has 5 heteroatoms. The molecule has 0 saturated heterocycles. The van der Waals surface area contributed by atoms with Crippen molar-refractivity contribution < 1.29 is 13.9 Å². The van der Waals surface area contributed by atoms with Crippen LogP contribution in [-0.2, 0) is 6.42 Å². The van der Waals surface area contributed by atoms with Gasteiger partial charge in [0.25, 0.3) is 5.91 Å². The van der Waals surface area contributed by atoms with Crippen LogP contribution in [0.3, 0.4) is 0 Å². The van der Waals surface area contributed by atoms with Crippen LogP contribution in [0.5, 0.6) is 5.75 Å². The lowest BCUT2D eigenvalue weighted by atomic mass is 9.95. The van der Waals surface area contributed by atoms with Gasteiger partial charge in [-0.25, -0.2) is 4.39 Å². The summed E-state index contributed by atoms with van der Waals surface area (Å²) in [5.41, 5.74) is 1.22. The fourth-order valence-corrected chi connectivity index (χ4v) is 3.27. The molecule has 2 rings (SSSR count). The van der Waals surface area contributed by atoms with Crippen LogP contribution in [0.4, 0.5) is 4.39 Å². The first kappa shape index (κ1) is 18.7. The monoisotopic (exact) mass is 336 g/mol. The summed E-state index contributed by atoms with van der Waals surface area (Å²) in [5, 5.41) is 2.89. The number of nitrogens with zero attached hydrogens (tertiary/aromatic N) is 1. The highest BCUT2D eigenvalue weighted by atomic mass is 19.1. The number of carbonyl (C=O) groups excluding carboxylic acids is 1. The van der Waals surface area contributed by atoms with E-state index in [4.69, 9.17) is 4.74 Å². The van der Waals surface area contributed by atoms with E-state index >= 15 is 0 Å². The quantitative estimate of drug-likeness (QED) is 0.830. The first-order valence-corrected chi connectivity index (χ1v) is 8.96. The van der Waals surface area contributed by atoms with Gasteiger partial charge in [0.05, 0.1) is 0 Å². The van der Waals surface area contributed by atoms with Crippen molar-refractivity contribution in [2.45, 2.75) is 59.0 Å². The van der Waals surface area contributed by atoms with Gasteiger partial charge in [0.1, 0.15) is 6.61 Å². The Balaban J connectivity index is 2.30. The Labute approximate surface area is 144 Å². The third-order valence-electron chi connectivity index (χ3n) is 4.27. The van der Waals surface area contributed by atoms with Crippen molar-refractivity contribution in [3.8, 4) is 5.75 Å². The van der Waals surface area contributed by atoms with E-state index in [0.29, 0.717) is 24.2 Å². The molecule has 4 nitrogen and oxygen atoms in total. The van der Waals surface area contributed by atoms with Gasteiger partial charge in [-0.15, -0.1) is 0 Å². The van der Waals surface area contributed by atoms with Crippen molar-refractivity contribution in [1.29, 1.82) is 0 Å². The highest BCUT2D eigenvalue weighted by Gasteiger charge is 2.30. The summed E-state index contributed by atoms with van der Waals surface area (Å²) in [6.07, 6.45) is 2.77. The molecule has 24 heavy (non-hydrogen) atoms. The molecule has 1 aliphatic heterocycles. The smallest absolute Gasteiger partial charge is 0.251 e. The second-order valence-electron chi connectivity index (χ2n) is 6.74. The molecule has 1 N–H and O–H groups in total. The molecular formula is C19H29FN2O2. The molecule has 1 amide bonds. The van der Waals surface area contributed by atoms with E-state index in [1.807, 2.05) is 13.8 Å². The molecule has 0 fully saturated rings. The number of fused-ring (bicyclic) bond motifs is 1. The summed E-state index contributed by atoms with van der Waals surface area (Å²) < 4.78 is 19.9. The molecule has 0 spiro atoms.